The van der Waals surface area contributed by atoms with Crippen molar-refractivity contribution in [1.82, 2.24) is 20.7 Å². The Morgan fingerprint density at radius 1 is 1.31 bits per heavy atom. The molecule has 1 amide bonds. The Bertz CT molecular complexity index is 960. The van der Waals surface area contributed by atoms with Gasteiger partial charge in [-0.05, 0) is 37.1 Å². The van der Waals surface area contributed by atoms with Crippen LogP contribution in [0.15, 0.2) is 48.3 Å². The number of fused-ring (bicyclic) bond motifs is 2. The molecule has 2 unspecified atom stereocenters. The summed E-state index contributed by atoms with van der Waals surface area (Å²) < 4.78 is 11.5. The zero-order valence-corrected chi connectivity index (χ0v) is 16.4. The van der Waals surface area contributed by atoms with Crippen molar-refractivity contribution in [3.8, 4) is 5.75 Å². The zero-order chi connectivity index (χ0) is 19.8. The molecule has 0 aliphatic carbocycles. The number of carbonyl (C=O) groups excluding carboxylic acids is 1. The van der Waals surface area contributed by atoms with Gasteiger partial charge in [0.25, 0.3) is 0 Å². The van der Waals surface area contributed by atoms with E-state index >= 15 is 0 Å². The lowest BCUT2D eigenvalue weighted by atomic mass is 9.98. The Balaban J connectivity index is 1.37. The summed E-state index contributed by atoms with van der Waals surface area (Å²) in [6.07, 6.45) is 2.51. The van der Waals surface area contributed by atoms with Gasteiger partial charge in [-0.25, -0.2) is 5.43 Å². The fourth-order valence-electron chi connectivity index (χ4n) is 4.20. The Hall–Kier alpha value is -2.90. The molecule has 5 rings (SSSR count). The van der Waals surface area contributed by atoms with E-state index in [4.69, 9.17) is 9.47 Å². The SMILES string of the molecule is Cc1ccc2c(c1)CC(NC(=O)C1NN3CCOCC3=C1c1ccccn1)CO2. The van der Waals surface area contributed by atoms with Gasteiger partial charge in [-0.3, -0.25) is 9.78 Å². The molecule has 150 valence electrons. The molecular weight excluding hydrogens is 368 g/mol. The number of nitrogens with zero attached hydrogens (tertiary/aromatic N) is 2. The van der Waals surface area contributed by atoms with E-state index in [1.54, 1.807) is 6.20 Å². The largest absolute Gasteiger partial charge is 0.491 e. The number of aromatic nitrogens is 1. The fraction of sp³-hybridized carbons (Fsp3) is 0.364. The minimum absolute atomic E-state index is 0.0672. The van der Waals surface area contributed by atoms with Gasteiger partial charge in [0.2, 0.25) is 5.91 Å². The van der Waals surface area contributed by atoms with Crippen LogP contribution < -0.4 is 15.5 Å². The van der Waals surface area contributed by atoms with Crippen molar-refractivity contribution in [2.45, 2.75) is 25.4 Å². The van der Waals surface area contributed by atoms with Gasteiger partial charge < -0.3 is 19.8 Å². The minimum atomic E-state index is -0.500. The van der Waals surface area contributed by atoms with E-state index in [-0.39, 0.29) is 11.9 Å². The summed E-state index contributed by atoms with van der Waals surface area (Å²) in [6.45, 7) is 4.34. The first-order valence-electron chi connectivity index (χ1n) is 9.97. The first-order valence-corrected chi connectivity index (χ1v) is 9.97. The smallest absolute Gasteiger partial charge is 0.244 e. The highest BCUT2D eigenvalue weighted by Crippen LogP contribution is 2.31. The van der Waals surface area contributed by atoms with E-state index in [2.05, 4.69) is 28.7 Å². The van der Waals surface area contributed by atoms with Crippen molar-refractivity contribution < 1.29 is 14.3 Å². The maximum Gasteiger partial charge on any atom is 0.244 e. The second kappa shape index (κ2) is 7.50. The molecule has 2 N–H and O–H groups in total. The molecule has 4 heterocycles. The molecule has 1 saturated heterocycles. The molecule has 0 bridgehead atoms. The van der Waals surface area contributed by atoms with Gasteiger partial charge in [0, 0.05) is 11.8 Å². The van der Waals surface area contributed by atoms with Crippen molar-refractivity contribution >= 4 is 11.5 Å². The van der Waals surface area contributed by atoms with Crippen LogP contribution in [0.4, 0.5) is 0 Å². The number of hydrogen-bond acceptors (Lipinski definition) is 6. The van der Waals surface area contributed by atoms with E-state index in [1.807, 2.05) is 35.3 Å². The van der Waals surface area contributed by atoms with Crippen molar-refractivity contribution in [2.75, 3.05) is 26.4 Å². The number of ether oxygens (including phenoxy) is 2. The monoisotopic (exact) mass is 392 g/mol. The lowest BCUT2D eigenvalue weighted by Crippen LogP contribution is -2.52. The highest BCUT2D eigenvalue weighted by atomic mass is 16.5. The van der Waals surface area contributed by atoms with Gasteiger partial charge in [0.15, 0.2) is 0 Å². The van der Waals surface area contributed by atoms with Gasteiger partial charge in [-0.2, -0.15) is 0 Å². The van der Waals surface area contributed by atoms with Crippen LogP contribution in [-0.2, 0) is 16.0 Å². The maximum absolute atomic E-state index is 13.3. The Morgan fingerprint density at radius 2 is 2.24 bits per heavy atom. The van der Waals surface area contributed by atoms with Gasteiger partial charge in [0.1, 0.15) is 18.4 Å². The third-order valence-electron chi connectivity index (χ3n) is 5.58. The number of morpholine rings is 1. The van der Waals surface area contributed by atoms with E-state index in [0.717, 1.165) is 34.7 Å². The lowest BCUT2D eigenvalue weighted by Gasteiger charge is -2.29. The van der Waals surface area contributed by atoms with Crippen LogP contribution in [0.5, 0.6) is 5.75 Å². The molecule has 7 heteroatoms. The second-order valence-corrected chi connectivity index (χ2v) is 7.67. The van der Waals surface area contributed by atoms with Crippen LogP contribution >= 0.6 is 0 Å². The number of carbonyl (C=O) groups is 1. The minimum Gasteiger partial charge on any atom is -0.491 e. The van der Waals surface area contributed by atoms with Crippen LogP contribution in [0.3, 0.4) is 0 Å². The second-order valence-electron chi connectivity index (χ2n) is 7.67. The van der Waals surface area contributed by atoms with Crippen LogP contribution in [0.25, 0.3) is 5.57 Å². The number of hydrogen-bond donors (Lipinski definition) is 2. The van der Waals surface area contributed by atoms with Crippen LogP contribution in [0.1, 0.15) is 16.8 Å². The molecule has 1 aromatic carbocycles. The topological polar surface area (TPSA) is 75.7 Å². The van der Waals surface area contributed by atoms with Gasteiger partial charge >= 0.3 is 0 Å². The van der Waals surface area contributed by atoms with E-state index in [9.17, 15) is 4.79 Å². The Labute approximate surface area is 169 Å². The van der Waals surface area contributed by atoms with Crippen molar-refractivity contribution in [2.24, 2.45) is 0 Å². The van der Waals surface area contributed by atoms with Crippen LogP contribution in [0.2, 0.25) is 0 Å². The molecule has 7 nitrogen and oxygen atoms in total. The van der Waals surface area contributed by atoms with Crippen LogP contribution in [0, 0.1) is 6.92 Å². The molecule has 29 heavy (non-hydrogen) atoms. The molecule has 2 aromatic rings. The predicted molar refractivity (Wildman–Crippen MR) is 108 cm³/mol. The number of nitrogens with one attached hydrogen (secondary N) is 2. The quantitative estimate of drug-likeness (QED) is 0.823. The maximum atomic E-state index is 13.3. The first-order chi connectivity index (χ1) is 14.2. The summed E-state index contributed by atoms with van der Waals surface area (Å²) in [7, 11) is 0. The highest BCUT2D eigenvalue weighted by molar-refractivity contribution is 5.97. The molecule has 3 aliphatic heterocycles. The van der Waals surface area contributed by atoms with E-state index in [0.29, 0.717) is 26.4 Å². The zero-order valence-electron chi connectivity index (χ0n) is 16.4. The molecule has 2 atom stereocenters. The standard InChI is InChI=1S/C22H24N4O3/c1-14-5-6-19-15(10-14)11-16(12-29-19)24-22(27)21-20(17-4-2-3-7-23-17)18-13-28-9-8-26(18)25-21/h2-7,10,16,21,25H,8-9,11-13H2,1H3,(H,24,27). The summed E-state index contributed by atoms with van der Waals surface area (Å²) in [5.74, 6) is 0.836. The average molecular weight is 392 g/mol. The predicted octanol–water partition coefficient (Wildman–Crippen LogP) is 1.44. The molecular formula is C22H24N4O3. The number of pyridine rings is 1. The van der Waals surface area contributed by atoms with Gasteiger partial charge in [-0.1, -0.05) is 23.8 Å². The molecule has 1 aromatic heterocycles. The third kappa shape index (κ3) is 3.47. The number of rotatable bonds is 3. The van der Waals surface area contributed by atoms with Crippen molar-refractivity contribution in [3.63, 3.8) is 0 Å². The number of amides is 1. The highest BCUT2D eigenvalue weighted by Gasteiger charge is 2.39. The van der Waals surface area contributed by atoms with E-state index < -0.39 is 6.04 Å². The molecule has 0 spiro atoms. The third-order valence-corrected chi connectivity index (χ3v) is 5.58. The molecule has 1 fully saturated rings. The number of aryl methyl sites for hydroxylation is 1. The van der Waals surface area contributed by atoms with Gasteiger partial charge in [0.05, 0.1) is 37.2 Å². The molecule has 3 aliphatic rings. The average Bonchev–Trinajstić information content (AvgIpc) is 3.14. The summed E-state index contributed by atoms with van der Waals surface area (Å²) in [5, 5.41) is 5.20. The fourth-order valence-corrected chi connectivity index (χ4v) is 4.20. The summed E-state index contributed by atoms with van der Waals surface area (Å²) in [5.41, 5.74) is 8.33. The van der Waals surface area contributed by atoms with E-state index in [1.165, 1.54) is 5.56 Å². The Kier molecular flexibility index (Phi) is 4.69. The number of benzene rings is 1. The summed E-state index contributed by atoms with van der Waals surface area (Å²) >= 11 is 0. The Morgan fingerprint density at radius 3 is 3.10 bits per heavy atom. The van der Waals surface area contributed by atoms with Crippen LogP contribution in [-0.4, -0.2) is 54.3 Å². The normalized spacial score (nSPS) is 23.3. The van der Waals surface area contributed by atoms with Crippen molar-refractivity contribution in [1.29, 1.82) is 0 Å². The molecule has 0 saturated carbocycles. The lowest BCUT2D eigenvalue weighted by molar-refractivity contribution is -0.123. The van der Waals surface area contributed by atoms with Crippen molar-refractivity contribution in [3.05, 3.63) is 65.1 Å². The summed E-state index contributed by atoms with van der Waals surface area (Å²) in [4.78, 5) is 17.7. The number of hydrazine groups is 1. The van der Waals surface area contributed by atoms with Gasteiger partial charge in [-0.15, -0.1) is 0 Å². The molecule has 0 radical (unpaired) electrons. The first kappa shape index (κ1) is 18.1. The summed E-state index contributed by atoms with van der Waals surface area (Å²) in [6, 6.07) is 11.4.